The van der Waals surface area contributed by atoms with Crippen LogP contribution in [0.4, 0.5) is 5.82 Å². The third kappa shape index (κ3) is 3.05. The molecule has 0 fully saturated rings. The Morgan fingerprint density at radius 1 is 1.15 bits per heavy atom. The summed E-state index contributed by atoms with van der Waals surface area (Å²) in [5, 5.41) is 5.12. The average Bonchev–Trinajstić information content (AvgIpc) is 3.05. The first-order valence-electron chi connectivity index (χ1n) is 8.23. The van der Waals surface area contributed by atoms with Crippen LogP contribution in [0.1, 0.15) is 5.69 Å². The van der Waals surface area contributed by atoms with Crippen LogP contribution >= 0.6 is 27.5 Å². The lowest BCUT2D eigenvalue weighted by Crippen LogP contribution is -2.05. The highest BCUT2D eigenvalue weighted by molar-refractivity contribution is 9.10. The number of hydrogen-bond donors (Lipinski definition) is 1. The summed E-state index contributed by atoms with van der Waals surface area (Å²) in [5.74, 6) is 1.25. The van der Waals surface area contributed by atoms with Crippen LogP contribution in [0.2, 0.25) is 5.02 Å². The average molecular weight is 444 g/mol. The summed E-state index contributed by atoms with van der Waals surface area (Å²) in [7, 11) is 1.64. The number of halogens is 2. The van der Waals surface area contributed by atoms with E-state index in [1.807, 2.05) is 49.4 Å². The molecular weight excluding hydrogens is 428 g/mol. The second-order valence-corrected chi connectivity index (χ2v) is 7.46. The number of nitrogens with two attached hydrogens (primary N) is 1. The van der Waals surface area contributed by atoms with E-state index in [4.69, 9.17) is 27.1 Å². The molecule has 7 heteroatoms. The van der Waals surface area contributed by atoms with Gasteiger partial charge in [0, 0.05) is 20.6 Å². The van der Waals surface area contributed by atoms with Gasteiger partial charge in [0.1, 0.15) is 11.6 Å². The molecule has 0 radical (unpaired) electrons. The number of fused-ring (bicyclic) bond motifs is 1. The molecule has 0 saturated heterocycles. The van der Waals surface area contributed by atoms with Gasteiger partial charge in [-0.2, -0.15) is 9.61 Å². The molecule has 27 heavy (non-hydrogen) atoms. The molecule has 4 rings (SSSR count). The number of anilines is 1. The van der Waals surface area contributed by atoms with E-state index < -0.39 is 0 Å². The van der Waals surface area contributed by atoms with E-state index in [1.165, 1.54) is 0 Å². The number of aryl methyl sites for hydroxylation is 1. The fraction of sp³-hybridized carbons (Fsp3) is 0.100. The summed E-state index contributed by atoms with van der Waals surface area (Å²) in [4.78, 5) is 4.79. The normalized spacial score (nSPS) is 11.1. The minimum Gasteiger partial charge on any atom is -0.496 e. The molecule has 0 aliphatic heterocycles. The SMILES string of the molecule is COc1ccc(Br)cc1-c1cnn2c(N)c(-c3cccc(Cl)c3)c(C)nc12. The summed E-state index contributed by atoms with van der Waals surface area (Å²) in [6.45, 7) is 1.93. The van der Waals surface area contributed by atoms with Crippen molar-refractivity contribution in [1.82, 2.24) is 14.6 Å². The van der Waals surface area contributed by atoms with Crippen LogP contribution in [0, 0.1) is 6.92 Å². The molecule has 0 saturated carbocycles. The van der Waals surface area contributed by atoms with Crippen LogP contribution in [-0.4, -0.2) is 21.7 Å². The van der Waals surface area contributed by atoms with E-state index in [1.54, 1.807) is 17.8 Å². The Morgan fingerprint density at radius 3 is 2.70 bits per heavy atom. The molecule has 0 aliphatic carbocycles. The molecule has 0 bridgehead atoms. The maximum Gasteiger partial charge on any atom is 0.165 e. The van der Waals surface area contributed by atoms with Crippen molar-refractivity contribution in [3.05, 3.63) is 63.9 Å². The van der Waals surface area contributed by atoms with Crippen LogP contribution in [0.3, 0.4) is 0 Å². The Morgan fingerprint density at radius 2 is 1.96 bits per heavy atom. The van der Waals surface area contributed by atoms with Gasteiger partial charge in [0.25, 0.3) is 0 Å². The molecule has 0 unspecified atom stereocenters. The van der Waals surface area contributed by atoms with Crippen LogP contribution in [0.5, 0.6) is 5.75 Å². The van der Waals surface area contributed by atoms with Gasteiger partial charge in [-0.05, 0) is 42.8 Å². The molecular formula is C20H16BrClN4O. The number of benzene rings is 2. The number of methoxy groups -OCH3 is 1. The second kappa shape index (κ2) is 6.87. The Balaban J connectivity index is 1.98. The van der Waals surface area contributed by atoms with Gasteiger partial charge in [0.15, 0.2) is 5.65 Å². The van der Waals surface area contributed by atoms with Gasteiger partial charge in [0.2, 0.25) is 0 Å². The maximum atomic E-state index is 6.47. The molecule has 2 heterocycles. The summed E-state index contributed by atoms with van der Waals surface area (Å²) in [6.07, 6.45) is 1.75. The van der Waals surface area contributed by atoms with E-state index in [-0.39, 0.29) is 0 Å². The molecule has 4 aromatic rings. The first kappa shape index (κ1) is 17.8. The number of ether oxygens (including phenoxy) is 1. The van der Waals surface area contributed by atoms with Gasteiger partial charge in [0.05, 0.1) is 24.6 Å². The highest BCUT2D eigenvalue weighted by atomic mass is 79.9. The van der Waals surface area contributed by atoms with E-state index in [0.717, 1.165) is 38.2 Å². The lowest BCUT2D eigenvalue weighted by molar-refractivity contribution is 0.416. The van der Waals surface area contributed by atoms with Gasteiger partial charge in [-0.15, -0.1) is 0 Å². The summed E-state index contributed by atoms with van der Waals surface area (Å²) >= 11 is 9.66. The van der Waals surface area contributed by atoms with Gasteiger partial charge >= 0.3 is 0 Å². The largest absolute Gasteiger partial charge is 0.496 e. The topological polar surface area (TPSA) is 65.4 Å². The Hall–Kier alpha value is -2.57. The molecule has 0 spiro atoms. The fourth-order valence-corrected chi connectivity index (χ4v) is 3.76. The molecule has 0 aliphatic rings. The van der Waals surface area contributed by atoms with Gasteiger partial charge < -0.3 is 10.5 Å². The first-order chi connectivity index (χ1) is 13.0. The number of nitrogens with zero attached hydrogens (tertiary/aromatic N) is 3. The smallest absolute Gasteiger partial charge is 0.165 e. The fourth-order valence-electron chi connectivity index (χ4n) is 3.21. The molecule has 0 amide bonds. The summed E-state index contributed by atoms with van der Waals surface area (Å²) < 4.78 is 8.10. The monoisotopic (exact) mass is 442 g/mol. The quantitative estimate of drug-likeness (QED) is 0.462. The van der Waals surface area contributed by atoms with E-state index >= 15 is 0 Å². The lowest BCUT2D eigenvalue weighted by atomic mass is 10.0. The van der Waals surface area contributed by atoms with E-state index in [0.29, 0.717) is 16.5 Å². The van der Waals surface area contributed by atoms with Gasteiger partial charge in [-0.3, -0.25) is 0 Å². The highest BCUT2D eigenvalue weighted by Crippen LogP contribution is 2.37. The Bertz CT molecular complexity index is 1170. The van der Waals surface area contributed by atoms with Crippen LogP contribution in [-0.2, 0) is 0 Å². The third-order valence-electron chi connectivity index (χ3n) is 4.43. The minimum atomic E-state index is 0.514. The zero-order valence-electron chi connectivity index (χ0n) is 14.7. The van der Waals surface area contributed by atoms with Crippen molar-refractivity contribution in [2.75, 3.05) is 12.8 Å². The summed E-state index contributed by atoms with van der Waals surface area (Å²) in [5.41, 5.74) is 11.4. The number of nitrogen functional groups attached to an aromatic ring is 1. The van der Waals surface area contributed by atoms with Crippen molar-refractivity contribution in [3.8, 4) is 28.0 Å². The van der Waals surface area contributed by atoms with Crippen molar-refractivity contribution in [3.63, 3.8) is 0 Å². The predicted octanol–water partition coefficient (Wildman–Crippen LogP) is 5.38. The van der Waals surface area contributed by atoms with Crippen LogP contribution in [0.15, 0.2) is 53.1 Å². The number of rotatable bonds is 3. The van der Waals surface area contributed by atoms with Crippen molar-refractivity contribution in [2.45, 2.75) is 6.92 Å². The standard InChI is InChI=1S/C20H16BrClN4O/c1-11-18(12-4-3-5-14(22)8-12)19(23)26-20(25-11)16(10-24-26)15-9-13(21)6-7-17(15)27-2/h3-10H,23H2,1-2H3. The van der Waals surface area contributed by atoms with Gasteiger partial charge in [-0.25, -0.2) is 4.98 Å². The molecule has 2 aromatic carbocycles. The third-order valence-corrected chi connectivity index (χ3v) is 5.16. The Labute approximate surface area is 169 Å². The molecule has 2 aromatic heterocycles. The molecule has 5 nitrogen and oxygen atoms in total. The van der Waals surface area contributed by atoms with Crippen LogP contribution in [0.25, 0.3) is 27.9 Å². The lowest BCUT2D eigenvalue weighted by Gasteiger charge is -2.12. The van der Waals surface area contributed by atoms with Crippen molar-refractivity contribution >= 4 is 39.0 Å². The minimum absolute atomic E-state index is 0.514. The maximum absolute atomic E-state index is 6.47. The van der Waals surface area contributed by atoms with Crippen molar-refractivity contribution in [2.24, 2.45) is 0 Å². The predicted molar refractivity (Wildman–Crippen MR) is 112 cm³/mol. The molecule has 2 N–H and O–H groups in total. The second-order valence-electron chi connectivity index (χ2n) is 6.11. The number of aromatic nitrogens is 3. The van der Waals surface area contributed by atoms with Crippen molar-refractivity contribution in [1.29, 1.82) is 0 Å². The first-order valence-corrected chi connectivity index (χ1v) is 9.40. The zero-order valence-corrected chi connectivity index (χ0v) is 17.0. The summed E-state index contributed by atoms with van der Waals surface area (Å²) in [6, 6.07) is 13.4. The van der Waals surface area contributed by atoms with E-state index in [9.17, 15) is 0 Å². The van der Waals surface area contributed by atoms with Gasteiger partial charge in [-0.1, -0.05) is 39.7 Å². The molecule has 136 valence electrons. The van der Waals surface area contributed by atoms with Crippen LogP contribution < -0.4 is 10.5 Å². The zero-order chi connectivity index (χ0) is 19.1. The van der Waals surface area contributed by atoms with Crippen molar-refractivity contribution < 1.29 is 4.74 Å². The number of hydrogen-bond acceptors (Lipinski definition) is 4. The molecule has 0 atom stereocenters. The van der Waals surface area contributed by atoms with E-state index in [2.05, 4.69) is 21.0 Å². The highest BCUT2D eigenvalue weighted by Gasteiger charge is 2.19. The Kier molecular flexibility index (Phi) is 4.53.